The van der Waals surface area contributed by atoms with Crippen molar-refractivity contribution in [2.75, 3.05) is 0 Å². The summed E-state index contributed by atoms with van der Waals surface area (Å²) in [4.78, 5) is 11.1. The van der Waals surface area contributed by atoms with Gasteiger partial charge in [0.2, 0.25) is 5.78 Å². The van der Waals surface area contributed by atoms with Crippen LogP contribution in [0.25, 0.3) is 0 Å². The molecule has 1 atom stereocenters. The zero-order valence-corrected chi connectivity index (χ0v) is 6.54. The molecule has 0 radical (unpaired) electrons. The van der Waals surface area contributed by atoms with E-state index in [4.69, 9.17) is 11.2 Å². The molecule has 0 spiro atoms. The molecular formula is C10H8O2. The molecule has 0 aromatic rings. The summed E-state index contributed by atoms with van der Waals surface area (Å²) >= 11 is 0. The van der Waals surface area contributed by atoms with Gasteiger partial charge in [0, 0.05) is 6.42 Å². The summed E-state index contributed by atoms with van der Waals surface area (Å²) in [6.07, 6.45) is 11.6. The summed E-state index contributed by atoms with van der Waals surface area (Å²) in [6, 6.07) is 0. The Morgan fingerprint density at radius 1 is 1.75 bits per heavy atom. The molecule has 1 unspecified atom stereocenters. The number of hydrogen-bond acceptors (Lipinski definition) is 2. The molecule has 0 aromatic heterocycles. The molecule has 2 aliphatic heterocycles. The van der Waals surface area contributed by atoms with Crippen LogP contribution in [0.3, 0.4) is 0 Å². The third kappa shape index (κ3) is 0.868. The fourth-order valence-electron chi connectivity index (χ4n) is 1.47. The Bertz CT molecular complexity index is 330. The van der Waals surface area contributed by atoms with Crippen molar-refractivity contribution >= 4 is 5.78 Å². The van der Waals surface area contributed by atoms with E-state index in [-0.39, 0.29) is 5.78 Å². The Morgan fingerprint density at radius 3 is 3.33 bits per heavy atom. The number of ketones is 1. The van der Waals surface area contributed by atoms with E-state index >= 15 is 0 Å². The van der Waals surface area contributed by atoms with E-state index in [1.807, 2.05) is 0 Å². The van der Waals surface area contributed by atoms with Gasteiger partial charge in [-0.2, -0.15) is 0 Å². The van der Waals surface area contributed by atoms with Crippen LogP contribution in [0.5, 0.6) is 0 Å². The summed E-state index contributed by atoms with van der Waals surface area (Å²) < 4.78 is 5.42. The van der Waals surface area contributed by atoms with Crippen molar-refractivity contribution in [3.63, 3.8) is 0 Å². The lowest BCUT2D eigenvalue weighted by atomic mass is 9.96. The smallest absolute Gasteiger partial charge is 0.219 e. The minimum atomic E-state index is -0.405. The minimum absolute atomic E-state index is 0.0554. The van der Waals surface area contributed by atoms with Crippen LogP contribution in [0.2, 0.25) is 0 Å². The lowest BCUT2D eigenvalue weighted by Gasteiger charge is -2.26. The van der Waals surface area contributed by atoms with Crippen molar-refractivity contribution in [1.82, 2.24) is 0 Å². The highest BCUT2D eigenvalue weighted by Crippen LogP contribution is 2.36. The summed E-state index contributed by atoms with van der Waals surface area (Å²) in [7, 11) is 0. The second-order valence-electron chi connectivity index (χ2n) is 3.02. The van der Waals surface area contributed by atoms with E-state index in [0.29, 0.717) is 12.2 Å². The van der Waals surface area contributed by atoms with Crippen LogP contribution < -0.4 is 0 Å². The van der Waals surface area contributed by atoms with Crippen LogP contribution in [0.15, 0.2) is 24.0 Å². The fourth-order valence-corrected chi connectivity index (χ4v) is 1.47. The SMILES string of the molecule is C#CCC12C=CC(=O)C(=CC1)O2. The molecular weight excluding hydrogens is 152 g/mol. The van der Waals surface area contributed by atoms with Crippen molar-refractivity contribution in [2.24, 2.45) is 0 Å². The van der Waals surface area contributed by atoms with Gasteiger partial charge >= 0.3 is 0 Å². The van der Waals surface area contributed by atoms with Gasteiger partial charge in [0.15, 0.2) is 5.76 Å². The van der Waals surface area contributed by atoms with Gasteiger partial charge in [-0.3, -0.25) is 4.79 Å². The Kier molecular flexibility index (Phi) is 1.34. The second-order valence-corrected chi connectivity index (χ2v) is 3.02. The number of allylic oxidation sites excluding steroid dienone is 1. The molecule has 2 heteroatoms. The average Bonchev–Trinajstić information content (AvgIpc) is 2.41. The van der Waals surface area contributed by atoms with Gasteiger partial charge in [-0.1, -0.05) is 0 Å². The molecule has 0 fully saturated rings. The van der Waals surface area contributed by atoms with Crippen LogP contribution in [0, 0.1) is 12.3 Å². The molecule has 60 valence electrons. The largest absolute Gasteiger partial charge is 0.478 e. The van der Waals surface area contributed by atoms with Crippen molar-refractivity contribution in [2.45, 2.75) is 18.4 Å². The lowest BCUT2D eigenvalue weighted by Crippen LogP contribution is -2.28. The maximum atomic E-state index is 11.1. The number of terminal acetylenes is 1. The first-order valence-electron chi connectivity index (χ1n) is 3.82. The maximum absolute atomic E-state index is 11.1. The molecule has 2 bridgehead atoms. The summed E-state index contributed by atoms with van der Waals surface area (Å²) in [5.41, 5.74) is -0.405. The normalized spacial score (nSPS) is 30.9. The number of carbonyl (C=O) groups excluding carboxylic acids is 1. The number of rotatable bonds is 1. The minimum Gasteiger partial charge on any atom is -0.478 e. The van der Waals surface area contributed by atoms with Gasteiger partial charge in [-0.15, -0.1) is 12.3 Å². The van der Waals surface area contributed by atoms with Gasteiger partial charge < -0.3 is 4.74 Å². The first-order valence-corrected chi connectivity index (χ1v) is 3.82. The van der Waals surface area contributed by atoms with E-state index < -0.39 is 5.60 Å². The molecule has 0 amide bonds. The Morgan fingerprint density at radius 2 is 2.58 bits per heavy atom. The van der Waals surface area contributed by atoms with Gasteiger partial charge in [0.1, 0.15) is 5.60 Å². The molecule has 0 saturated heterocycles. The first-order chi connectivity index (χ1) is 5.76. The van der Waals surface area contributed by atoms with E-state index in [1.165, 1.54) is 0 Å². The highest BCUT2D eigenvalue weighted by molar-refractivity contribution is 6.03. The maximum Gasteiger partial charge on any atom is 0.219 e. The topological polar surface area (TPSA) is 26.3 Å². The highest BCUT2D eigenvalue weighted by Gasteiger charge is 2.38. The van der Waals surface area contributed by atoms with Gasteiger partial charge in [-0.05, 0) is 18.2 Å². The van der Waals surface area contributed by atoms with Crippen LogP contribution in [-0.2, 0) is 9.53 Å². The Labute approximate surface area is 70.9 Å². The quantitative estimate of drug-likeness (QED) is 0.538. The van der Waals surface area contributed by atoms with Gasteiger partial charge in [0.05, 0.1) is 6.42 Å². The molecule has 0 aromatic carbocycles. The van der Waals surface area contributed by atoms with Crippen molar-refractivity contribution in [3.8, 4) is 12.3 Å². The Hall–Kier alpha value is -1.49. The zero-order chi connectivity index (χ0) is 8.60. The third-order valence-electron chi connectivity index (χ3n) is 2.13. The molecule has 2 heterocycles. The summed E-state index contributed by atoms with van der Waals surface area (Å²) in [5, 5.41) is 0. The molecule has 2 nitrogen and oxygen atoms in total. The molecule has 0 aliphatic carbocycles. The second kappa shape index (κ2) is 2.25. The van der Waals surface area contributed by atoms with Crippen molar-refractivity contribution in [1.29, 1.82) is 0 Å². The fraction of sp³-hybridized carbons (Fsp3) is 0.300. The van der Waals surface area contributed by atoms with E-state index in [9.17, 15) is 4.79 Å². The highest BCUT2D eigenvalue weighted by atomic mass is 16.5. The number of hydrogen-bond donors (Lipinski definition) is 0. The first kappa shape index (κ1) is 7.17. The van der Waals surface area contributed by atoms with Crippen LogP contribution in [0.1, 0.15) is 12.8 Å². The predicted octanol–water partition coefficient (Wildman–Crippen LogP) is 1.19. The van der Waals surface area contributed by atoms with Crippen LogP contribution in [-0.4, -0.2) is 11.4 Å². The zero-order valence-electron chi connectivity index (χ0n) is 6.54. The average molecular weight is 160 g/mol. The standard InChI is InChI=1S/C10H8O2/c1-2-5-10-6-3-8(11)9(12-10)4-7-10/h1,3-4,6H,5,7H2. The summed E-state index contributed by atoms with van der Waals surface area (Å²) in [6.45, 7) is 0. The van der Waals surface area contributed by atoms with Crippen molar-refractivity contribution < 1.29 is 9.53 Å². The van der Waals surface area contributed by atoms with Crippen LogP contribution in [0.4, 0.5) is 0 Å². The molecule has 2 aliphatic rings. The predicted molar refractivity (Wildman–Crippen MR) is 44.1 cm³/mol. The third-order valence-corrected chi connectivity index (χ3v) is 2.13. The van der Waals surface area contributed by atoms with E-state index in [2.05, 4.69) is 5.92 Å². The van der Waals surface area contributed by atoms with Gasteiger partial charge in [0.25, 0.3) is 0 Å². The molecule has 12 heavy (non-hydrogen) atoms. The van der Waals surface area contributed by atoms with Crippen LogP contribution >= 0.6 is 0 Å². The Balaban J connectivity index is 2.32. The van der Waals surface area contributed by atoms with Crippen molar-refractivity contribution in [3.05, 3.63) is 24.0 Å². The van der Waals surface area contributed by atoms with E-state index in [0.717, 1.165) is 6.42 Å². The van der Waals surface area contributed by atoms with Gasteiger partial charge in [-0.25, -0.2) is 0 Å². The monoisotopic (exact) mass is 160 g/mol. The molecule has 0 N–H and O–H groups in total. The number of ether oxygens (including phenoxy) is 1. The number of fused-ring (bicyclic) bond motifs is 2. The summed E-state index contributed by atoms with van der Waals surface area (Å²) in [5.74, 6) is 2.95. The van der Waals surface area contributed by atoms with E-state index in [1.54, 1.807) is 18.2 Å². The number of carbonyl (C=O) groups is 1. The lowest BCUT2D eigenvalue weighted by molar-refractivity contribution is -0.117. The molecule has 2 rings (SSSR count). The molecule has 0 saturated carbocycles.